The number of nitrogens with one attached hydrogen (secondary N) is 1. The van der Waals surface area contributed by atoms with Crippen molar-refractivity contribution in [3.63, 3.8) is 0 Å². The van der Waals surface area contributed by atoms with Crippen LogP contribution in [-0.4, -0.2) is 21.8 Å². The molecule has 0 spiro atoms. The zero-order chi connectivity index (χ0) is 21.6. The van der Waals surface area contributed by atoms with Gasteiger partial charge in [0.2, 0.25) is 19.7 Å². The van der Waals surface area contributed by atoms with Crippen molar-refractivity contribution in [2.24, 2.45) is 0 Å². The first-order chi connectivity index (χ1) is 14.9. The van der Waals surface area contributed by atoms with E-state index >= 15 is 0 Å². The van der Waals surface area contributed by atoms with Crippen LogP contribution >= 0.6 is 0 Å². The van der Waals surface area contributed by atoms with E-state index in [0.717, 1.165) is 10.9 Å². The summed E-state index contributed by atoms with van der Waals surface area (Å²) in [7, 11) is -8.23. The molecule has 0 unspecified atom stereocenters. The molecule has 0 aliphatic rings. The van der Waals surface area contributed by atoms with Crippen molar-refractivity contribution >= 4 is 41.5 Å². The van der Waals surface area contributed by atoms with Crippen LogP contribution in [0.5, 0.6) is 0 Å². The quantitative estimate of drug-likeness (QED) is 0.421. The molecule has 0 fully saturated rings. The Hall–Kier alpha value is -3.42. The first-order valence-corrected chi connectivity index (χ1v) is 12.5. The number of aromatic nitrogens is 1. The summed E-state index contributed by atoms with van der Waals surface area (Å²) in [6, 6.07) is 26.2. The molecule has 0 saturated carbocycles. The SMILES string of the molecule is O=S(=O)(c1ccccc1)c1ccc2c([nH]c3ccccc32)c1S(=O)(=O)c1ccccc1. The summed E-state index contributed by atoms with van der Waals surface area (Å²) in [5, 5.41) is 1.47. The van der Waals surface area contributed by atoms with Crippen LogP contribution in [0.15, 0.2) is 117 Å². The molecule has 4 aromatic carbocycles. The highest BCUT2D eigenvalue weighted by molar-refractivity contribution is 7.94. The standard InChI is InChI=1S/C24H17NO4S2/c26-30(27,17-9-3-1-4-10-17)22-16-15-20-19-13-7-8-14-21(19)25-23(20)24(22)31(28,29)18-11-5-2-6-12-18/h1-16,25H. The number of benzene rings is 4. The first kappa shape index (κ1) is 19.5. The second-order valence-electron chi connectivity index (χ2n) is 7.12. The van der Waals surface area contributed by atoms with Crippen molar-refractivity contribution in [2.75, 3.05) is 0 Å². The van der Waals surface area contributed by atoms with E-state index in [2.05, 4.69) is 4.98 Å². The Morgan fingerprint density at radius 2 is 1.06 bits per heavy atom. The normalized spacial score (nSPS) is 12.4. The highest BCUT2D eigenvalue weighted by atomic mass is 32.2. The average molecular weight is 448 g/mol. The van der Waals surface area contributed by atoms with E-state index in [9.17, 15) is 16.8 Å². The molecule has 0 amide bonds. The molecule has 5 aromatic rings. The molecule has 5 rings (SSSR count). The van der Waals surface area contributed by atoms with Crippen molar-refractivity contribution < 1.29 is 16.8 Å². The van der Waals surface area contributed by atoms with Crippen LogP contribution in [0.3, 0.4) is 0 Å². The minimum Gasteiger partial charge on any atom is -0.353 e. The molecule has 154 valence electrons. The third-order valence-corrected chi connectivity index (χ3v) is 9.06. The summed E-state index contributed by atoms with van der Waals surface area (Å²) < 4.78 is 54.5. The van der Waals surface area contributed by atoms with Gasteiger partial charge in [0, 0.05) is 16.3 Å². The Morgan fingerprint density at radius 1 is 0.516 bits per heavy atom. The Labute approximate surface area is 179 Å². The van der Waals surface area contributed by atoms with E-state index in [1.54, 1.807) is 42.5 Å². The van der Waals surface area contributed by atoms with Gasteiger partial charge in [-0.1, -0.05) is 60.7 Å². The van der Waals surface area contributed by atoms with Crippen molar-refractivity contribution in [1.29, 1.82) is 0 Å². The summed E-state index contributed by atoms with van der Waals surface area (Å²) in [4.78, 5) is 2.72. The lowest BCUT2D eigenvalue weighted by molar-refractivity contribution is 0.583. The second kappa shape index (κ2) is 7.08. The van der Waals surface area contributed by atoms with Gasteiger partial charge in [0.25, 0.3) is 0 Å². The molecule has 0 saturated heterocycles. The van der Waals surface area contributed by atoms with Gasteiger partial charge in [-0.25, -0.2) is 16.8 Å². The molecule has 5 nitrogen and oxygen atoms in total. The zero-order valence-electron chi connectivity index (χ0n) is 16.2. The molecule has 0 aliphatic heterocycles. The average Bonchev–Trinajstić information content (AvgIpc) is 3.18. The van der Waals surface area contributed by atoms with E-state index in [1.807, 2.05) is 24.3 Å². The third-order valence-electron chi connectivity index (χ3n) is 5.26. The monoisotopic (exact) mass is 447 g/mol. The van der Waals surface area contributed by atoms with Gasteiger partial charge in [0.15, 0.2) is 0 Å². The van der Waals surface area contributed by atoms with Gasteiger partial charge in [0.1, 0.15) is 4.90 Å². The highest BCUT2D eigenvalue weighted by Crippen LogP contribution is 2.38. The summed E-state index contributed by atoms with van der Waals surface area (Å²) in [5.74, 6) is 0. The van der Waals surface area contributed by atoms with Crippen molar-refractivity contribution in [2.45, 2.75) is 19.6 Å². The van der Waals surface area contributed by atoms with Crippen LogP contribution in [0, 0.1) is 0 Å². The number of rotatable bonds is 4. The van der Waals surface area contributed by atoms with Crippen molar-refractivity contribution in [3.05, 3.63) is 97.1 Å². The summed E-state index contributed by atoms with van der Waals surface area (Å²) >= 11 is 0. The second-order valence-corrected chi connectivity index (χ2v) is 10.9. The third kappa shape index (κ3) is 3.05. The fourth-order valence-electron chi connectivity index (χ4n) is 3.80. The number of hydrogen-bond donors (Lipinski definition) is 1. The Kier molecular flexibility index (Phi) is 4.46. The largest absolute Gasteiger partial charge is 0.353 e. The molecule has 1 heterocycles. The number of hydrogen-bond acceptors (Lipinski definition) is 4. The molecule has 0 bridgehead atoms. The maximum Gasteiger partial charge on any atom is 0.209 e. The molecule has 0 atom stereocenters. The minimum atomic E-state index is -4.15. The van der Waals surface area contributed by atoms with E-state index in [4.69, 9.17) is 0 Å². The van der Waals surface area contributed by atoms with Gasteiger partial charge in [-0.3, -0.25) is 0 Å². The van der Waals surface area contributed by atoms with E-state index in [0.29, 0.717) is 5.39 Å². The van der Waals surface area contributed by atoms with Crippen LogP contribution in [0.25, 0.3) is 21.8 Å². The van der Waals surface area contributed by atoms with Gasteiger partial charge < -0.3 is 4.98 Å². The molecule has 0 radical (unpaired) electrons. The molecule has 0 aliphatic carbocycles. The molecular weight excluding hydrogens is 430 g/mol. The van der Waals surface area contributed by atoms with Gasteiger partial charge in [-0.05, 0) is 36.4 Å². The molecule has 1 aromatic heterocycles. The van der Waals surface area contributed by atoms with E-state index in [1.165, 1.54) is 30.3 Å². The first-order valence-electron chi connectivity index (χ1n) is 9.54. The maximum absolute atomic E-state index is 13.7. The Balaban J connectivity index is 1.94. The highest BCUT2D eigenvalue weighted by Gasteiger charge is 2.32. The lowest BCUT2D eigenvalue weighted by Gasteiger charge is -2.13. The molecule has 1 N–H and O–H groups in total. The molecule has 7 heteroatoms. The van der Waals surface area contributed by atoms with Gasteiger partial charge in [-0.15, -0.1) is 0 Å². The Bertz CT molecular complexity index is 1640. The van der Waals surface area contributed by atoms with Crippen LogP contribution in [0.1, 0.15) is 0 Å². The summed E-state index contributed by atoms with van der Waals surface area (Å²) in [6.07, 6.45) is 0. The predicted molar refractivity (Wildman–Crippen MR) is 120 cm³/mol. The van der Waals surface area contributed by atoms with Crippen molar-refractivity contribution in [3.8, 4) is 0 Å². The van der Waals surface area contributed by atoms with Crippen molar-refractivity contribution in [1.82, 2.24) is 4.98 Å². The summed E-state index contributed by atoms with van der Waals surface area (Å²) in [5.41, 5.74) is 1.01. The number of para-hydroxylation sites is 1. The summed E-state index contributed by atoms with van der Waals surface area (Å²) in [6.45, 7) is 0. The minimum absolute atomic E-state index is 0.0330. The topological polar surface area (TPSA) is 84.1 Å². The van der Waals surface area contributed by atoms with Crippen LogP contribution in [-0.2, 0) is 19.7 Å². The smallest absolute Gasteiger partial charge is 0.209 e. The van der Waals surface area contributed by atoms with Crippen LogP contribution < -0.4 is 0 Å². The Morgan fingerprint density at radius 3 is 1.71 bits per heavy atom. The van der Waals surface area contributed by atoms with Gasteiger partial charge in [-0.2, -0.15) is 0 Å². The van der Waals surface area contributed by atoms with E-state index < -0.39 is 19.7 Å². The van der Waals surface area contributed by atoms with E-state index in [-0.39, 0.29) is 25.1 Å². The predicted octanol–water partition coefficient (Wildman–Crippen LogP) is 4.99. The number of aromatic amines is 1. The molecular formula is C24H17NO4S2. The lowest BCUT2D eigenvalue weighted by Crippen LogP contribution is -2.11. The number of sulfone groups is 2. The maximum atomic E-state index is 13.7. The zero-order valence-corrected chi connectivity index (χ0v) is 17.8. The lowest BCUT2D eigenvalue weighted by atomic mass is 10.1. The molecule has 31 heavy (non-hydrogen) atoms. The fourth-order valence-corrected chi connectivity index (χ4v) is 7.33. The number of H-pyrrole nitrogens is 1. The van der Waals surface area contributed by atoms with Crippen LogP contribution in [0.2, 0.25) is 0 Å². The fraction of sp³-hybridized carbons (Fsp3) is 0. The van der Waals surface area contributed by atoms with Gasteiger partial charge >= 0.3 is 0 Å². The van der Waals surface area contributed by atoms with Gasteiger partial charge in [0.05, 0.1) is 20.2 Å². The van der Waals surface area contributed by atoms with Crippen LogP contribution in [0.4, 0.5) is 0 Å². The number of fused-ring (bicyclic) bond motifs is 3.